The first-order valence-corrected chi connectivity index (χ1v) is 4.80. The number of allylic oxidation sites excluding steroid dienone is 2. The molecular formula is C12H26. The zero-order valence-electron chi connectivity index (χ0n) is 9.56. The molecule has 0 spiro atoms. The zero-order valence-corrected chi connectivity index (χ0v) is 9.56. The summed E-state index contributed by atoms with van der Waals surface area (Å²) in [6.45, 7) is 17.6. The molecule has 0 rings (SSSR count). The van der Waals surface area contributed by atoms with Crippen molar-refractivity contribution in [2.45, 2.75) is 47.5 Å². The van der Waals surface area contributed by atoms with Crippen LogP contribution in [0.15, 0.2) is 25.3 Å². The van der Waals surface area contributed by atoms with Gasteiger partial charge in [-0.2, -0.15) is 0 Å². The van der Waals surface area contributed by atoms with Gasteiger partial charge in [0.2, 0.25) is 0 Å². The van der Waals surface area contributed by atoms with Crippen LogP contribution in [0.2, 0.25) is 0 Å². The van der Waals surface area contributed by atoms with Gasteiger partial charge in [0.1, 0.15) is 0 Å². The summed E-state index contributed by atoms with van der Waals surface area (Å²) in [4.78, 5) is 0. The van der Waals surface area contributed by atoms with Crippen LogP contribution in [-0.2, 0) is 0 Å². The van der Waals surface area contributed by atoms with Gasteiger partial charge in [-0.1, -0.05) is 72.8 Å². The van der Waals surface area contributed by atoms with Crippen LogP contribution in [0.3, 0.4) is 0 Å². The van der Waals surface area contributed by atoms with Crippen LogP contribution in [0, 0.1) is 5.92 Å². The van der Waals surface area contributed by atoms with Crippen LogP contribution < -0.4 is 0 Å². The summed E-state index contributed by atoms with van der Waals surface area (Å²) in [5, 5.41) is 0. The summed E-state index contributed by atoms with van der Waals surface area (Å²) in [6, 6.07) is 0. The average molecular weight is 170 g/mol. The highest BCUT2D eigenvalue weighted by Gasteiger charge is 1.68. The van der Waals surface area contributed by atoms with Crippen molar-refractivity contribution >= 4 is 0 Å². The quantitative estimate of drug-likeness (QED) is 0.521. The van der Waals surface area contributed by atoms with Crippen molar-refractivity contribution in [2.24, 2.45) is 5.92 Å². The first-order valence-electron chi connectivity index (χ1n) is 4.80. The van der Waals surface area contributed by atoms with Crippen LogP contribution in [0.1, 0.15) is 47.5 Å². The Morgan fingerprint density at radius 3 is 1.08 bits per heavy atom. The van der Waals surface area contributed by atoms with Crippen LogP contribution in [-0.4, -0.2) is 0 Å². The highest BCUT2D eigenvalue weighted by atomic mass is 13.7. The van der Waals surface area contributed by atoms with Crippen LogP contribution in [0.25, 0.3) is 0 Å². The van der Waals surface area contributed by atoms with Gasteiger partial charge in [-0.3, -0.25) is 0 Å². The Bertz CT molecular complexity index is 59.4. The van der Waals surface area contributed by atoms with Gasteiger partial charge in [0.05, 0.1) is 0 Å². The van der Waals surface area contributed by atoms with Gasteiger partial charge in [0.15, 0.2) is 0 Å². The molecule has 0 aliphatic rings. The van der Waals surface area contributed by atoms with E-state index in [1.807, 2.05) is 0 Å². The van der Waals surface area contributed by atoms with Gasteiger partial charge < -0.3 is 0 Å². The van der Waals surface area contributed by atoms with Crippen molar-refractivity contribution in [3.05, 3.63) is 25.3 Å². The Balaban J connectivity index is -0.000000101. The minimum Gasteiger partial charge on any atom is -0.0991 e. The summed E-state index contributed by atoms with van der Waals surface area (Å²) in [6.07, 6.45) is 5.92. The van der Waals surface area contributed by atoms with E-state index < -0.39 is 0 Å². The van der Waals surface area contributed by atoms with Crippen LogP contribution >= 0.6 is 0 Å². The maximum absolute atomic E-state index is 3.36. The van der Waals surface area contributed by atoms with Gasteiger partial charge in [-0.05, 0) is 5.92 Å². The summed E-state index contributed by atoms with van der Waals surface area (Å²) >= 11 is 0. The highest BCUT2D eigenvalue weighted by molar-refractivity contribution is 4.88. The molecule has 74 valence electrons. The number of hydrogen-bond acceptors (Lipinski definition) is 0. The molecule has 0 nitrogen and oxygen atoms in total. The van der Waals surface area contributed by atoms with Crippen molar-refractivity contribution < 1.29 is 0 Å². The van der Waals surface area contributed by atoms with E-state index in [1.165, 1.54) is 12.8 Å². The van der Waals surface area contributed by atoms with E-state index >= 15 is 0 Å². The van der Waals surface area contributed by atoms with Gasteiger partial charge in [0, 0.05) is 0 Å². The monoisotopic (exact) mass is 170 g/mol. The van der Waals surface area contributed by atoms with Gasteiger partial charge in [-0.25, -0.2) is 0 Å². The third-order valence-corrected chi connectivity index (χ3v) is 0.667. The van der Waals surface area contributed by atoms with E-state index in [0.717, 1.165) is 5.92 Å². The van der Waals surface area contributed by atoms with Crippen molar-refractivity contribution in [3.63, 3.8) is 0 Å². The Morgan fingerprint density at radius 1 is 0.917 bits per heavy atom. The van der Waals surface area contributed by atoms with E-state index in [2.05, 4.69) is 47.8 Å². The molecule has 0 heteroatoms. The second-order valence-electron chi connectivity index (χ2n) is 3.20. The molecule has 0 aromatic rings. The molecule has 0 saturated carbocycles. The third kappa shape index (κ3) is 311. The molecule has 0 bridgehead atoms. The zero-order chi connectivity index (χ0) is 10.4. The molecule has 0 saturated heterocycles. The molecule has 0 radical (unpaired) electrons. The lowest BCUT2D eigenvalue weighted by atomic mass is 10.3. The largest absolute Gasteiger partial charge is 0.0991 e. The van der Waals surface area contributed by atoms with Crippen LogP contribution in [0.4, 0.5) is 0 Å². The first-order chi connectivity index (χ1) is 5.56. The maximum Gasteiger partial charge on any atom is -0.0500 e. The van der Waals surface area contributed by atoms with E-state index in [-0.39, 0.29) is 0 Å². The molecule has 0 N–H and O–H groups in total. The predicted molar refractivity (Wildman–Crippen MR) is 61.5 cm³/mol. The van der Waals surface area contributed by atoms with Crippen LogP contribution in [0.5, 0.6) is 0 Å². The molecule has 0 atom stereocenters. The fourth-order valence-corrected chi connectivity index (χ4v) is 0. The lowest BCUT2D eigenvalue weighted by molar-refractivity contribution is 0.737. The normalized spacial score (nSPS) is 7.17. The SMILES string of the molecule is C=CC=C.CC(C)C.CCCC. The first kappa shape index (κ1) is 17.5. The Morgan fingerprint density at radius 2 is 1.08 bits per heavy atom. The van der Waals surface area contributed by atoms with Gasteiger partial charge in [-0.15, -0.1) is 0 Å². The molecular weight excluding hydrogens is 144 g/mol. The summed E-state index contributed by atoms with van der Waals surface area (Å²) in [7, 11) is 0. The summed E-state index contributed by atoms with van der Waals surface area (Å²) in [5.41, 5.74) is 0. The second-order valence-corrected chi connectivity index (χ2v) is 3.20. The van der Waals surface area contributed by atoms with Crippen molar-refractivity contribution in [3.8, 4) is 0 Å². The molecule has 0 amide bonds. The fraction of sp³-hybridized carbons (Fsp3) is 0.667. The number of unbranched alkanes of at least 4 members (excludes halogenated alkanes) is 1. The Hall–Kier alpha value is -0.520. The lowest BCUT2D eigenvalue weighted by Crippen LogP contribution is -1.66. The Labute approximate surface area is 79.4 Å². The molecule has 0 aromatic carbocycles. The van der Waals surface area contributed by atoms with Crippen molar-refractivity contribution in [2.75, 3.05) is 0 Å². The molecule has 0 unspecified atom stereocenters. The molecule has 12 heavy (non-hydrogen) atoms. The van der Waals surface area contributed by atoms with E-state index in [4.69, 9.17) is 0 Å². The van der Waals surface area contributed by atoms with E-state index in [1.54, 1.807) is 12.2 Å². The van der Waals surface area contributed by atoms with E-state index in [0.29, 0.717) is 0 Å². The molecule has 0 fully saturated rings. The Kier molecular flexibility index (Phi) is 32.8. The molecule has 0 aliphatic carbocycles. The summed E-state index contributed by atoms with van der Waals surface area (Å²) in [5.74, 6) is 0.833. The molecule has 0 aliphatic heterocycles. The third-order valence-electron chi connectivity index (χ3n) is 0.667. The fourth-order valence-electron chi connectivity index (χ4n) is 0. The average Bonchev–Trinajstić information content (AvgIpc) is 2.03. The minimum absolute atomic E-state index is 0.833. The smallest absolute Gasteiger partial charge is 0.0500 e. The van der Waals surface area contributed by atoms with Gasteiger partial charge in [0.25, 0.3) is 0 Å². The number of hydrogen-bond donors (Lipinski definition) is 0. The van der Waals surface area contributed by atoms with E-state index in [9.17, 15) is 0 Å². The molecule has 0 heterocycles. The summed E-state index contributed by atoms with van der Waals surface area (Å²) < 4.78 is 0. The lowest BCUT2D eigenvalue weighted by Gasteiger charge is -1.79. The topological polar surface area (TPSA) is 0 Å². The van der Waals surface area contributed by atoms with Gasteiger partial charge >= 0.3 is 0 Å². The second kappa shape index (κ2) is 22.4. The number of rotatable bonds is 2. The standard InChI is InChI=1S/2C4H10.C4H6/c1-4(2)3;2*1-3-4-2/h4H,1-3H3;3-4H2,1-2H3;3-4H,1-2H2. The minimum atomic E-state index is 0.833. The van der Waals surface area contributed by atoms with Crippen molar-refractivity contribution in [1.82, 2.24) is 0 Å². The van der Waals surface area contributed by atoms with Crippen molar-refractivity contribution in [1.29, 1.82) is 0 Å². The predicted octanol–water partition coefficient (Wildman–Crippen LogP) is 4.83. The highest BCUT2D eigenvalue weighted by Crippen LogP contribution is 1.81. The maximum atomic E-state index is 3.36. The molecule has 0 aromatic heterocycles.